The lowest BCUT2D eigenvalue weighted by atomic mass is 9.80. The van der Waals surface area contributed by atoms with E-state index in [-0.39, 0.29) is 93.1 Å². The summed E-state index contributed by atoms with van der Waals surface area (Å²) < 4.78 is 47.8. The maximum absolute atomic E-state index is 14.1. The number of aliphatic hydroxyl groups is 2. The highest BCUT2D eigenvalue weighted by Gasteiger charge is 2.49. The fourth-order valence-electron chi connectivity index (χ4n) is 17.6. The summed E-state index contributed by atoms with van der Waals surface area (Å²) in [5, 5.41) is 39.1. The Morgan fingerprint density at radius 3 is 1.37 bits per heavy atom. The summed E-state index contributed by atoms with van der Waals surface area (Å²) in [5.74, 6) is -1.17. The molecule has 822 valence electrons. The van der Waals surface area contributed by atoms with Gasteiger partial charge in [0.2, 0.25) is 17.7 Å². The molecule has 12 N–H and O–H groups in total. The van der Waals surface area contributed by atoms with Crippen LogP contribution in [0, 0.1) is 0 Å². The van der Waals surface area contributed by atoms with Crippen molar-refractivity contribution in [1.82, 2.24) is 56.4 Å². The first-order valence-electron chi connectivity index (χ1n) is 52.8. The van der Waals surface area contributed by atoms with E-state index in [0.29, 0.717) is 110 Å². The Morgan fingerprint density at radius 2 is 0.905 bits per heavy atom. The number of nitrogens with one attached hydrogen (secondary N) is 6. The Labute approximate surface area is 872 Å². The van der Waals surface area contributed by atoms with Gasteiger partial charge in [0.25, 0.3) is 0 Å². The lowest BCUT2D eigenvalue weighted by Gasteiger charge is -2.39. The lowest BCUT2D eigenvalue weighted by molar-refractivity contribution is -0.658. The van der Waals surface area contributed by atoms with Crippen LogP contribution in [0.15, 0.2) is 141 Å². The van der Waals surface area contributed by atoms with Crippen molar-refractivity contribution in [3.63, 3.8) is 0 Å². The van der Waals surface area contributed by atoms with Gasteiger partial charge < -0.3 is 120 Å². The van der Waals surface area contributed by atoms with Crippen molar-refractivity contribution in [3.05, 3.63) is 158 Å². The number of nitrogens with two attached hydrogens (primary N) is 2. The number of likely N-dealkylation sites (tertiary alicyclic amines) is 3. The third kappa shape index (κ3) is 48.7. The third-order valence-corrected chi connectivity index (χ3v) is 25.2. The second kappa shape index (κ2) is 62.2. The van der Waals surface area contributed by atoms with Crippen LogP contribution < -0.4 is 43.0 Å². The Balaban J connectivity index is 0.000000282. The van der Waals surface area contributed by atoms with Crippen LogP contribution in [0.2, 0.25) is 0 Å². The van der Waals surface area contributed by atoms with Gasteiger partial charge in [0, 0.05) is 58.4 Å². The number of ketones is 1. The number of allylic oxidation sites excluding steroid dienone is 2. The maximum Gasteiger partial charge on any atom is 0.410 e. The fraction of sp³-hybridized carbons (Fsp3) is 0.658. The highest BCUT2D eigenvalue weighted by molar-refractivity contribution is 5.98. The van der Waals surface area contributed by atoms with Gasteiger partial charge in [-0.1, -0.05) is 179 Å². The van der Waals surface area contributed by atoms with E-state index in [2.05, 4.69) is 63.0 Å². The zero-order chi connectivity index (χ0) is 108. The SMILES string of the molecule is C=CCCCN(CC=C)C(=O)OC(C)(C)C.C=CCNC(=O)OC(C)(C)C.CC(C)(C)OC(=O)N1CC=CCCC1.CC(C)(C)OC(=O)N1CCCC(N)C(O)C1.CC(C)(C)OC(=O)N1CCCC2OC2C1.O=C(NC1(C(=O)NC2CCCN(C(=O)C3(NC(=O)OCc4ccccc4)CCCCC3)CC2=O)CCCCC1)OCc1ccccc1.O=C(NC1(C(=O)NC2CCC[NH2+]CC2O)CCCCC1)OCc1ccccc1. The number of hydrogen-bond donors (Lipinski definition) is 10. The number of Topliss-reactive ketones (excluding diaryl/α,β-unsaturated/α-hetero) is 1. The number of aliphatic hydroxyl groups excluding tert-OH is 2. The molecule has 147 heavy (non-hydrogen) atoms. The number of fused-ring (bicyclic) bond motifs is 1. The minimum absolute atomic E-state index is 0.0798. The van der Waals surface area contributed by atoms with Crippen LogP contribution in [0.25, 0.3) is 0 Å². The summed E-state index contributed by atoms with van der Waals surface area (Å²) >= 11 is 0. The van der Waals surface area contributed by atoms with Gasteiger partial charge in [-0.05, 0) is 236 Å². The summed E-state index contributed by atoms with van der Waals surface area (Å²) in [7, 11) is 0. The van der Waals surface area contributed by atoms with Crippen molar-refractivity contribution >= 4 is 72.3 Å². The van der Waals surface area contributed by atoms with E-state index in [1.807, 2.05) is 207 Å². The topological polar surface area (TPSA) is 463 Å². The molecule has 6 aliphatic heterocycles. The molecule has 6 heterocycles. The minimum atomic E-state index is -1.18. The number of epoxide rings is 1. The number of rotatable bonds is 22. The number of ether oxygens (including phenoxy) is 9. The number of quaternary nitrogens is 1. The molecule has 0 bridgehead atoms. The van der Waals surface area contributed by atoms with Crippen molar-refractivity contribution in [1.29, 1.82) is 0 Å². The van der Waals surface area contributed by atoms with E-state index < -0.39 is 93.2 Å². The Morgan fingerprint density at radius 1 is 0.469 bits per heavy atom. The Hall–Kier alpha value is -11.3. The average molecular weight is 2060 g/mol. The molecule has 5 saturated heterocycles. The number of carbonyl (C=O) groups excluding carboxylic acids is 12. The van der Waals surface area contributed by atoms with E-state index in [1.54, 1.807) is 26.9 Å². The first kappa shape index (κ1) is 124. The van der Waals surface area contributed by atoms with E-state index >= 15 is 0 Å². The van der Waals surface area contributed by atoms with E-state index in [0.717, 1.165) is 158 Å². The number of carbonyl (C=O) groups is 12. The monoisotopic (exact) mass is 2060 g/mol. The maximum atomic E-state index is 14.1. The second-order valence-electron chi connectivity index (χ2n) is 43.9. The van der Waals surface area contributed by atoms with Crippen LogP contribution in [0.5, 0.6) is 0 Å². The molecule has 36 heteroatoms. The van der Waals surface area contributed by atoms with Crippen LogP contribution >= 0.6 is 0 Å². The highest BCUT2D eigenvalue weighted by atomic mass is 16.6. The predicted octanol–water partition coefficient (Wildman–Crippen LogP) is 15.9. The van der Waals surface area contributed by atoms with Gasteiger partial charge in [-0.2, -0.15) is 0 Å². The molecule has 0 radical (unpaired) electrons. The van der Waals surface area contributed by atoms with Gasteiger partial charge in [-0.25, -0.2) is 38.4 Å². The lowest BCUT2D eigenvalue weighted by Crippen LogP contribution is -2.86. The molecule has 3 aromatic carbocycles. The molecule has 12 rings (SSSR count). The van der Waals surface area contributed by atoms with E-state index in [9.17, 15) is 67.7 Å². The molecule has 8 fully saturated rings. The average Bonchev–Trinajstić information content (AvgIpc) is 1.78. The number of alkyl carbamates (subject to hydrolysis) is 4. The summed E-state index contributed by atoms with van der Waals surface area (Å²) in [6.07, 6.45) is 26.2. The molecule has 0 spiro atoms. The molecule has 7 atom stereocenters. The van der Waals surface area contributed by atoms with Gasteiger partial charge in [0.05, 0.1) is 50.5 Å². The van der Waals surface area contributed by atoms with E-state index in [1.165, 1.54) is 9.80 Å². The van der Waals surface area contributed by atoms with Crippen molar-refractivity contribution in [3.8, 4) is 0 Å². The van der Waals surface area contributed by atoms with Crippen LogP contribution in [0.4, 0.5) is 38.4 Å². The number of benzene rings is 3. The largest absolute Gasteiger partial charge is 0.445 e. The third-order valence-electron chi connectivity index (χ3n) is 25.2. The number of unbranched alkanes of at least 4 members (excludes halogenated alkanes) is 1. The highest BCUT2D eigenvalue weighted by Crippen LogP contribution is 2.36. The van der Waals surface area contributed by atoms with Crippen LogP contribution in [0.3, 0.4) is 0 Å². The molecule has 36 nitrogen and oxygen atoms in total. The molecular weight excluding hydrogens is 1880 g/mol. The number of β-amino-alcohol motifs (C(OH)–C–C–N with tert-alkyl or cyclic N) is 1. The molecule has 0 aromatic heterocycles. The first-order valence-corrected chi connectivity index (χ1v) is 52.8. The predicted molar refractivity (Wildman–Crippen MR) is 563 cm³/mol. The molecule has 9 aliphatic rings. The summed E-state index contributed by atoms with van der Waals surface area (Å²) in [5.41, 5.74) is 2.85. The molecule has 11 amide bonds. The quantitative estimate of drug-likeness (QED) is 0.0193. The molecule has 3 saturated carbocycles. The summed E-state index contributed by atoms with van der Waals surface area (Å²) in [4.78, 5) is 159. The smallest absolute Gasteiger partial charge is 0.410 e. The standard InChI is InChI=1S/C36H46N4O7.C21H31N3O4.C13H23NO2.C11H22N2O3.C11H19NO3.C11H19NO2.C8H15NO2/c41-30-24-40(32(43)36(21-11-4-12-22-36)39-34(45)47-26-28-16-7-2-8-17-28)23-13-18-29(30)37-31(42)35(19-9-3-10-20-35)38-33(44)46-25-27-14-5-1-6-15-27;25-18-14-22-13-7-10-17(18)23-19(26)21(11-5-2-6-12-21)24-20(27)28-15-16-8-3-1-4-9-16;1-6-8-9-11-14(10-7-2)12(15)16-13(3,4)5;1-11(2,3)16-10(15)13-6-4-5-8(12)9(14)7-13;1-11(2,3)15-10(13)12-6-4-5-8-9(7-12)14-8;1-11(2,3)14-10(13)12-8-6-4-5-7-9-12;1-5-6-9-7(10)11-8(2,3)4/h1-2,5-8,14-17,29H,3-4,9-13,18-26H2,(H,37,42)(H,38,44)(H,39,45);1,3-4,8-9,17-18,22,25H,2,5-7,10-15H2,(H,23,26)(H,24,27);6-7H,1-2,8-11H2,3-5H3;8-9,14H,4-7,12H2,1-3H3;8-9H,4-7H2,1-3H3;4,6H,5,7-9H2,1-3H3;5H,1,6H2,2-4H3,(H,9,10)/p+1. The van der Waals surface area contributed by atoms with Crippen LogP contribution in [0.1, 0.15) is 294 Å². The summed E-state index contributed by atoms with van der Waals surface area (Å²) in [6.45, 7) is 46.1. The van der Waals surface area contributed by atoms with Crippen LogP contribution in [-0.4, -0.2) is 279 Å². The Bertz CT molecular complexity index is 4590. The molecular formula is C111H176N13O23+. The first-order chi connectivity index (χ1) is 69.5. The second-order valence-corrected chi connectivity index (χ2v) is 43.9. The van der Waals surface area contributed by atoms with Gasteiger partial charge in [-0.3, -0.25) is 19.2 Å². The molecule has 7 unspecified atom stereocenters. The van der Waals surface area contributed by atoms with Crippen molar-refractivity contribution in [2.75, 3.05) is 85.1 Å². The minimum Gasteiger partial charge on any atom is -0.445 e. The number of hydrogen-bond acceptors (Lipinski definition) is 24. The van der Waals surface area contributed by atoms with Crippen molar-refractivity contribution in [2.45, 2.75) is 384 Å². The fourth-order valence-corrected chi connectivity index (χ4v) is 17.6. The van der Waals surface area contributed by atoms with Gasteiger partial charge in [0.15, 0.2) is 5.78 Å². The summed E-state index contributed by atoms with van der Waals surface area (Å²) in [6, 6.07) is 26.8. The zero-order valence-corrected chi connectivity index (χ0v) is 90.5. The van der Waals surface area contributed by atoms with Crippen molar-refractivity contribution in [2.24, 2.45) is 5.73 Å². The van der Waals surface area contributed by atoms with E-state index in [4.69, 9.17) is 48.4 Å². The number of nitrogens with zero attached hydrogens (tertiary/aromatic N) is 5. The van der Waals surface area contributed by atoms with Gasteiger partial charge >= 0.3 is 48.7 Å². The Kier molecular flexibility index (Phi) is 52.6. The molecule has 3 aliphatic carbocycles. The molecule has 3 aromatic rings. The zero-order valence-electron chi connectivity index (χ0n) is 90.5. The van der Waals surface area contributed by atoms with Crippen molar-refractivity contribution < 1.29 is 116 Å². The normalized spacial score (nSPS) is 21.0. The van der Waals surface area contributed by atoms with Gasteiger partial charge in [0.1, 0.15) is 83.2 Å². The number of amides is 11. The van der Waals surface area contributed by atoms with Crippen LogP contribution in [-0.2, 0) is 81.6 Å². The van der Waals surface area contributed by atoms with Gasteiger partial charge in [-0.15, -0.1) is 19.7 Å².